The average Bonchev–Trinajstić information content (AvgIpc) is 3.28. The average molecular weight is 581 g/mol. The zero-order valence-electron chi connectivity index (χ0n) is 23.6. The van der Waals surface area contributed by atoms with Crippen molar-refractivity contribution in [1.82, 2.24) is 10.3 Å². The molecule has 1 atom stereocenters. The Morgan fingerprint density at radius 1 is 1.00 bits per heavy atom. The second-order valence-electron chi connectivity index (χ2n) is 10.2. The molecule has 3 aromatic carbocycles. The number of aliphatic carboxylic acids is 1. The molecule has 0 aliphatic heterocycles. The second kappa shape index (κ2) is 13.3. The lowest BCUT2D eigenvalue weighted by Gasteiger charge is -2.18. The zero-order valence-corrected chi connectivity index (χ0v) is 24.5. The highest BCUT2D eigenvalue weighted by atomic mass is 32.2. The van der Waals surface area contributed by atoms with Gasteiger partial charge in [-0.1, -0.05) is 50.2 Å². The number of hydrazine groups is 1. The van der Waals surface area contributed by atoms with Crippen LogP contribution in [0.15, 0.2) is 76.0 Å². The molecule has 4 aromatic rings. The fraction of sp³-hybridized carbons (Fsp3) is 0.323. The van der Waals surface area contributed by atoms with Crippen molar-refractivity contribution < 1.29 is 32.2 Å². The van der Waals surface area contributed by atoms with Crippen LogP contribution in [0.4, 0.5) is 0 Å². The summed E-state index contributed by atoms with van der Waals surface area (Å²) < 4.78 is 42.6. The minimum atomic E-state index is -3.94. The van der Waals surface area contributed by atoms with E-state index in [4.69, 9.17) is 13.9 Å². The molecule has 1 aromatic heterocycles. The number of sulfonamides is 1. The number of carbonyl (C=O) groups is 1. The number of hydrogen-bond acceptors (Lipinski definition) is 7. The molecular weight excluding hydrogens is 544 g/mol. The predicted octanol–water partition coefficient (Wildman–Crippen LogP) is 5.46. The Hall–Kier alpha value is -3.70. The molecule has 0 aliphatic carbocycles. The van der Waals surface area contributed by atoms with Gasteiger partial charge in [0.25, 0.3) is 10.0 Å². The summed E-state index contributed by atoms with van der Waals surface area (Å²) in [6.45, 7) is 6.44. The first-order valence-electron chi connectivity index (χ1n) is 13.4. The van der Waals surface area contributed by atoms with Crippen LogP contribution in [0.1, 0.15) is 37.2 Å². The number of carboxylic acid groups (broad SMARTS) is 1. The van der Waals surface area contributed by atoms with Crippen molar-refractivity contribution in [3.63, 3.8) is 0 Å². The van der Waals surface area contributed by atoms with Crippen LogP contribution >= 0.6 is 0 Å². The van der Waals surface area contributed by atoms with E-state index in [2.05, 4.69) is 23.2 Å². The molecule has 9 nitrogen and oxygen atoms in total. The summed E-state index contributed by atoms with van der Waals surface area (Å²) in [7, 11) is -2.23. The van der Waals surface area contributed by atoms with Crippen LogP contribution in [0.5, 0.6) is 5.75 Å². The monoisotopic (exact) mass is 580 g/mol. The third-order valence-corrected chi connectivity index (χ3v) is 8.22. The molecule has 218 valence electrons. The second-order valence-corrected chi connectivity index (χ2v) is 11.9. The summed E-state index contributed by atoms with van der Waals surface area (Å²) in [6, 6.07) is 18.9. The molecule has 0 unspecified atom stereocenters. The highest BCUT2D eigenvalue weighted by Gasteiger charge is 2.24. The highest BCUT2D eigenvalue weighted by molar-refractivity contribution is 7.89. The normalized spacial score (nSPS) is 12.6. The van der Waals surface area contributed by atoms with Gasteiger partial charge in [-0.15, -0.1) is 4.83 Å². The van der Waals surface area contributed by atoms with Crippen LogP contribution in [0, 0.1) is 12.8 Å². The van der Waals surface area contributed by atoms with Crippen LogP contribution in [0.25, 0.3) is 22.1 Å². The van der Waals surface area contributed by atoms with Gasteiger partial charge in [0, 0.05) is 24.7 Å². The number of hydrogen-bond donors (Lipinski definition) is 3. The van der Waals surface area contributed by atoms with Crippen molar-refractivity contribution >= 4 is 27.0 Å². The largest absolute Gasteiger partial charge is 0.486 e. The van der Waals surface area contributed by atoms with E-state index in [1.165, 1.54) is 17.7 Å². The first kappa shape index (κ1) is 30.3. The van der Waals surface area contributed by atoms with E-state index in [-0.39, 0.29) is 10.8 Å². The molecule has 0 amide bonds. The molecular formula is C31H36N2O7S. The molecule has 0 spiro atoms. The SMILES string of the molecule is COCCCc1cccc2oc(COc3ccc(-c4ccc(S(=O)(=O)NN[C@H](C(=O)O)C(C)C)cc4)cc3)c(C)c12. The van der Waals surface area contributed by atoms with Crippen LogP contribution in [-0.4, -0.2) is 39.3 Å². The number of methoxy groups -OCH3 is 1. The number of benzene rings is 3. The van der Waals surface area contributed by atoms with Crippen LogP contribution in [-0.2, 0) is 32.6 Å². The van der Waals surface area contributed by atoms with Crippen LogP contribution < -0.4 is 15.0 Å². The number of carboxylic acids is 1. The molecule has 0 radical (unpaired) electrons. The maximum Gasteiger partial charge on any atom is 0.322 e. The van der Waals surface area contributed by atoms with Crippen LogP contribution in [0.3, 0.4) is 0 Å². The summed E-state index contributed by atoms with van der Waals surface area (Å²) in [6.07, 6.45) is 1.85. The number of fused-ring (bicyclic) bond motifs is 1. The summed E-state index contributed by atoms with van der Waals surface area (Å²) in [4.78, 5) is 13.5. The number of ether oxygens (including phenoxy) is 2. The Bertz CT molecular complexity index is 1580. The Labute approximate surface area is 240 Å². The van der Waals surface area contributed by atoms with Gasteiger partial charge in [-0.3, -0.25) is 4.79 Å². The Morgan fingerprint density at radius 2 is 1.66 bits per heavy atom. The molecule has 0 bridgehead atoms. The fourth-order valence-electron chi connectivity index (χ4n) is 4.62. The quantitative estimate of drug-likeness (QED) is 0.133. The van der Waals surface area contributed by atoms with Crippen molar-refractivity contribution in [2.24, 2.45) is 5.92 Å². The molecule has 4 rings (SSSR count). The first-order chi connectivity index (χ1) is 19.6. The third-order valence-electron chi connectivity index (χ3n) is 6.94. The molecule has 0 saturated carbocycles. The van der Waals surface area contributed by atoms with E-state index in [1.807, 2.05) is 36.4 Å². The smallest absolute Gasteiger partial charge is 0.322 e. The zero-order chi connectivity index (χ0) is 29.6. The van der Waals surface area contributed by atoms with Crippen molar-refractivity contribution in [3.05, 3.63) is 83.6 Å². The number of rotatable bonds is 14. The van der Waals surface area contributed by atoms with Gasteiger partial charge in [-0.05, 0) is 72.7 Å². The number of aryl methyl sites for hydroxylation is 2. The van der Waals surface area contributed by atoms with E-state index in [0.29, 0.717) is 19.0 Å². The molecule has 3 N–H and O–H groups in total. The van der Waals surface area contributed by atoms with E-state index in [1.54, 1.807) is 33.1 Å². The molecule has 41 heavy (non-hydrogen) atoms. The topological polar surface area (TPSA) is 127 Å². The summed E-state index contributed by atoms with van der Waals surface area (Å²) in [5.41, 5.74) is 7.27. The Morgan fingerprint density at radius 3 is 2.27 bits per heavy atom. The third kappa shape index (κ3) is 7.34. The Kier molecular flexibility index (Phi) is 9.82. The molecule has 0 fully saturated rings. The van der Waals surface area contributed by atoms with Gasteiger partial charge in [0.05, 0.1) is 4.90 Å². The summed E-state index contributed by atoms with van der Waals surface area (Å²) in [5.74, 6) is 0.0187. The molecule has 1 heterocycles. The highest BCUT2D eigenvalue weighted by Crippen LogP contribution is 2.30. The first-order valence-corrected chi connectivity index (χ1v) is 14.9. The van der Waals surface area contributed by atoms with E-state index < -0.39 is 22.0 Å². The Balaban J connectivity index is 1.39. The van der Waals surface area contributed by atoms with Gasteiger partial charge in [0.15, 0.2) is 0 Å². The molecule has 0 aliphatic rings. The van der Waals surface area contributed by atoms with Gasteiger partial charge in [-0.25, -0.2) is 13.8 Å². The van der Waals surface area contributed by atoms with Crippen molar-refractivity contribution in [2.75, 3.05) is 13.7 Å². The van der Waals surface area contributed by atoms with E-state index in [9.17, 15) is 18.3 Å². The van der Waals surface area contributed by atoms with Crippen molar-refractivity contribution in [2.45, 2.75) is 51.2 Å². The number of nitrogens with one attached hydrogen (secondary N) is 2. The van der Waals surface area contributed by atoms with Crippen molar-refractivity contribution in [1.29, 1.82) is 0 Å². The maximum atomic E-state index is 12.6. The van der Waals surface area contributed by atoms with Gasteiger partial charge in [-0.2, -0.15) is 0 Å². The fourth-order valence-corrected chi connectivity index (χ4v) is 5.52. The minimum Gasteiger partial charge on any atom is -0.486 e. The van der Waals surface area contributed by atoms with Gasteiger partial charge in [0.2, 0.25) is 0 Å². The predicted molar refractivity (Wildman–Crippen MR) is 157 cm³/mol. The lowest BCUT2D eigenvalue weighted by atomic mass is 10.0. The minimum absolute atomic E-state index is 0.0182. The van der Waals surface area contributed by atoms with Gasteiger partial charge >= 0.3 is 5.97 Å². The van der Waals surface area contributed by atoms with Crippen molar-refractivity contribution in [3.8, 4) is 16.9 Å². The maximum absolute atomic E-state index is 12.6. The summed E-state index contributed by atoms with van der Waals surface area (Å²) >= 11 is 0. The number of furan rings is 1. The lowest BCUT2D eigenvalue weighted by Crippen LogP contribution is -2.50. The van der Waals surface area contributed by atoms with Gasteiger partial charge in [0.1, 0.15) is 29.7 Å². The van der Waals surface area contributed by atoms with Gasteiger partial charge < -0.3 is 19.0 Å². The lowest BCUT2D eigenvalue weighted by molar-refractivity contribution is -0.140. The van der Waals surface area contributed by atoms with E-state index in [0.717, 1.165) is 46.3 Å². The summed E-state index contributed by atoms with van der Waals surface area (Å²) in [5, 5.41) is 10.4. The standard InChI is InChI=1S/C31H36N2O7S/c1-20(2)30(31(34)35)32-33-41(36,37)26-16-12-23(13-17-26)22-10-14-25(15-11-22)39-19-28-21(3)29-24(8-6-18-38-4)7-5-9-27(29)40-28/h5,7,9-17,20,30,32-33H,6,8,18-19H2,1-4H3,(H,34,35)/t30-/m0/s1. The molecule has 10 heteroatoms. The van der Waals surface area contributed by atoms with Crippen LogP contribution in [0.2, 0.25) is 0 Å². The van der Waals surface area contributed by atoms with E-state index >= 15 is 0 Å². The molecule has 0 saturated heterocycles.